The molecule has 2 N–H and O–H groups in total. The summed E-state index contributed by atoms with van der Waals surface area (Å²) in [5, 5.41) is 11.4. The molecule has 1 aliphatic heterocycles. The van der Waals surface area contributed by atoms with Gasteiger partial charge in [0.2, 0.25) is 10.0 Å². The molecular formula is C6H12N2O4S. The van der Waals surface area contributed by atoms with E-state index in [1.54, 1.807) is 0 Å². The van der Waals surface area contributed by atoms with E-state index in [1.165, 1.54) is 4.31 Å². The molecule has 0 unspecified atom stereocenters. The molecule has 6 nitrogen and oxygen atoms in total. The number of hydrogen-bond acceptors (Lipinski definition) is 4. The van der Waals surface area contributed by atoms with Crippen LogP contribution in [0.1, 0.15) is 0 Å². The largest absolute Gasteiger partial charge is 0.480 e. The molecule has 0 spiro atoms. The lowest BCUT2D eigenvalue weighted by molar-refractivity contribution is -0.140. The Kier molecular flexibility index (Phi) is 2.89. The minimum absolute atomic E-state index is 0.00810. The highest BCUT2D eigenvalue weighted by molar-refractivity contribution is 7.88. The van der Waals surface area contributed by atoms with Crippen LogP contribution in [0.4, 0.5) is 0 Å². The normalized spacial score (nSPS) is 25.8. The molecule has 0 aromatic heterocycles. The predicted molar refractivity (Wildman–Crippen MR) is 45.8 cm³/mol. The van der Waals surface area contributed by atoms with Gasteiger partial charge in [0, 0.05) is 19.6 Å². The molecule has 0 aliphatic carbocycles. The zero-order valence-corrected chi connectivity index (χ0v) is 8.04. The number of hydrogen-bond donors (Lipinski definition) is 2. The van der Waals surface area contributed by atoms with Crippen molar-refractivity contribution >= 4 is 16.0 Å². The fourth-order valence-electron chi connectivity index (χ4n) is 1.19. The van der Waals surface area contributed by atoms with Gasteiger partial charge in [-0.25, -0.2) is 8.42 Å². The monoisotopic (exact) mass is 208 g/mol. The number of carboxylic acids is 1. The number of aliphatic carboxylic acids is 1. The minimum Gasteiger partial charge on any atom is -0.480 e. The Bertz CT molecular complexity index is 300. The van der Waals surface area contributed by atoms with Crippen molar-refractivity contribution in [2.45, 2.75) is 6.04 Å². The topological polar surface area (TPSA) is 86.7 Å². The van der Waals surface area contributed by atoms with Gasteiger partial charge in [-0.1, -0.05) is 0 Å². The molecule has 1 heterocycles. The third-order valence-corrected chi connectivity index (χ3v) is 3.17. The van der Waals surface area contributed by atoms with Crippen LogP contribution in [0.5, 0.6) is 0 Å². The highest BCUT2D eigenvalue weighted by Gasteiger charge is 2.29. The molecule has 76 valence electrons. The zero-order chi connectivity index (χ0) is 10.1. The van der Waals surface area contributed by atoms with Crippen molar-refractivity contribution in [2.24, 2.45) is 0 Å². The van der Waals surface area contributed by atoms with E-state index in [9.17, 15) is 13.2 Å². The van der Waals surface area contributed by atoms with E-state index in [2.05, 4.69) is 5.32 Å². The first-order valence-corrected chi connectivity index (χ1v) is 5.67. The van der Waals surface area contributed by atoms with Gasteiger partial charge in [-0.05, 0) is 0 Å². The SMILES string of the molecule is CS(=O)(=O)N1CCN[C@H](C(=O)O)C1. The third kappa shape index (κ3) is 2.64. The van der Waals surface area contributed by atoms with Gasteiger partial charge in [-0.2, -0.15) is 4.31 Å². The van der Waals surface area contributed by atoms with Crippen LogP contribution in [0.3, 0.4) is 0 Å². The van der Waals surface area contributed by atoms with E-state index in [4.69, 9.17) is 5.11 Å². The standard InChI is InChI=1S/C6H12N2O4S/c1-13(11,12)8-3-2-7-5(4-8)6(9)10/h5,7H,2-4H2,1H3,(H,9,10)/t5-/m0/s1. The number of rotatable bonds is 2. The van der Waals surface area contributed by atoms with Gasteiger partial charge >= 0.3 is 5.97 Å². The molecule has 1 fully saturated rings. The number of sulfonamides is 1. The number of nitrogens with one attached hydrogen (secondary N) is 1. The summed E-state index contributed by atoms with van der Waals surface area (Å²) in [4.78, 5) is 10.5. The molecule has 0 aromatic rings. The lowest BCUT2D eigenvalue weighted by Crippen LogP contribution is -2.55. The van der Waals surface area contributed by atoms with Crippen LogP contribution in [-0.2, 0) is 14.8 Å². The molecule has 0 radical (unpaired) electrons. The molecule has 1 rings (SSSR count). The Balaban J connectivity index is 2.67. The first-order chi connectivity index (χ1) is 5.91. The average Bonchev–Trinajstić information content (AvgIpc) is 2.03. The summed E-state index contributed by atoms with van der Waals surface area (Å²) in [7, 11) is -3.26. The molecule has 1 aliphatic rings. The average molecular weight is 208 g/mol. The number of carboxylic acid groups (broad SMARTS) is 1. The lowest BCUT2D eigenvalue weighted by Gasteiger charge is -2.29. The maximum Gasteiger partial charge on any atom is 0.322 e. The second-order valence-electron chi connectivity index (χ2n) is 2.97. The Morgan fingerprint density at radius 2 is 2.23 bits per heavy atom. The van der Waals surface area contributed by atoms with Gasteiger partial charge < -0.3 is 10.4 Å². The van der Waals surface area contributed by atoms with Gasteiger partial charge in [0.1, 0.15) is 6.04 Å². The predicted octanol–water partition coefficient (Wildman–Crippen LogP) is -1.70. The van der Waals surface area contributed by atoms with E-state index in [0.717, 1.165) is 6.26 Å². The first kappa shape index (κ1) is 10.4. The number of nitrogens with zero attached hydrogens (tertiary/aromatic N) is 1. The highest BCUT2D eigenvalue weighted by atomic mass is 32.2. The van der Waals surface area contributed by atoms with Gasteiger partial charge in [0.25, 0.3) is 0 Å². The fraction of sp³-hybridized carbons (Fsp3) is 0.833. The molecule has 13 heavy (non-hydrogen) atoms. The summed E-state index contributed by atoms with van der Waals surface area (Å²) in [6, 6.07) is -0.788. The maximum absolute atomic E-state index is 11.1. The van der Waals surface area contributed by atoms with Gasteiger partial charge in [-0.3, -0.25) is 4.79 Å². The Labute approximate surface area is 76.6 Å². The molecule has 0 saturated carbocycles. The fourth-order valence-corrected chi connectivity index (χ4v) is 2.03. The third-order valence-electron chi connectivity index (χ3n) is 1.91. The van der Waals surface area contributed by atoms with Crippen LogP contribution in [0, 0.1) is 0 Å². The lowest BCUT2D eigenvalue weighted by atomic mass is 10.2. The van der Waals surface area contributed by atoms with Crippen molar-refractivity contribution in [2.75, 3.05) is 25.9 Å². The number of piperazine rings is 1. The number of carbonyl (C=O) groups is 1. The second-order valence-corrected chi connectivity index (χ2v) is 4.95. The van der Waals surface area contributed by atoms with Crippen molar-refractivity contribution in [3.63, 3.8) is 0 Å². The van der Waals surface area contributed by atoms with Crippen LogP contribution in [-0.4, -0.2) is 55.7 Å². The molecule has 7 heteroatoms. The Morgan fingerprint density at radius 3 is 2.69 bits per heavy atom. The summed E-state index contributed by atoms with van der Waals surface area (Å²) in [5.74, 6) is -1.02. The van der Waals surface area contributed by atoms with Gasteiger partial charge in [-0.15, -0.1) is 0 Å². The van der Waals surface area contributed by atoms with Crippen molar-refractivity contribution in [3.05, 3.63) is 0 Å². The second kappa shape index (κ2) is 3.60. The zero-order valence-electron chi connectivity index (χ0n) is 7.23. The van der Waals surface area contributed by atoms with E-state index in [1.807, 2.05) is 0 Å². The first-order valence-electron chi connectivity index (χ1n) is 3.82. The van der Waals surface area contributed by atoms with Crippen molar-refractivity contribution in [1.29, 1.82) is 0 Å². The Morgan fingerprint density at radius 1 is 1.62 bits per heavy atom. The molecule has 0 aromatic carbocycles. The summed E-state index contributed by atoms with van der Waals surface area (Å²) < 4.78 is 23.3. The summed E-state index contributed by atoms with van der Waals surface area (Å²) in [6.45, 7) is 0.723. The van der Waals surface area contributed by atoms with Crippen LogP contribution in [0.15, 0.2) is 0 Å². The summed E-state index contributed by atoms with van der Waals surface area (Å²) in [5.41, 5.74) is 0. The van der Waals surface area contributed by atoms with E-state index < -0.39 is 22.0 Å². The van der Waals surface area contributed by atoms with Crippen LogP contribution in [0.25, 0.3) is 0 Å². The molecule has 0 bridgehead atoms. The summed E-state index contributed by atoms with van der Waals surface area (Å²) >= 11 is 0. The van der Waals surface area contributed by atoms with E-state index in [-0.39, 0.29) is 6.54 Å². The Hall–Kier alpha value is -0.660. The quantitative estimate of drug-likeness (QED) is 0.565. The van der Waals surface area contributed by atoms with E-state index >= 15 is 0 Å². The van der Waals surface area contributed by atoms with Crippen molar-refractivity contribution in [3.8, 4) is 0 Å². The van der Waals surface area contributed by atoms with Crippen LogP contribution >= 0.6 is 0 Å². The van der Waals surface area contributed by atoms with Gasteiger partial charge in [0.05, 0.1) is 6.26 Å². The molecule has 1 saturated heterocycles. The van der Waals surface area contributed by atoms with Gasteiger partial charge in [0.15, 0.2) is 0 Å². The summed E-state index contributed by atoms with van der Waals surface area (Å²) in [6.07, 6.45) is 1.08. The van der Waals surface area contributed by atoms with Crippen LogP contribution in [0.2, 0.25) is 0 Å². The van der Waals surface area contributed by atoms with Crippen molar-refractivity contribution in [1.82, 2.24) is 9.62 Å². The minimum atomic E-state index is -3.26. The smallest absolute Gasteiger partial charge is 0.322 e. The maximum atomic E-state index is 11.1. The molecule has 1 atom stereocenters. The highest BCUT2D eigenvalue weighted by Crippen LogP contribution is 2.03. The molecule has 0 amide bonds. The van der Waals surface area contributed by atoms with Crippen LogP contribution < -0.4 is 5.32 Å². The van der Waals surface area contributed by atoms with Crippen molar-refractivity contribution < 1.29 is 18.3 Å². The van der Waals surface area contributed by atoms with E-state index in [0.29, 0.717) is 13.1 Å². The molecular weight excluding hydrogens is 196 g/mol.